The lowest BCUT2D eigenvalue weighted by Gasteiger charge is -2.13. The van der Waals surface area contributed by atoms with E-state index in [2.05, 4.69) is 26.0 Å². The van der Waals surface area contributed by atoms with Crippen LogP contribution in [0.2, 0.25) is 0 Å². The fourth-order valence-corrected chi connectivity index (χ4v) is 2.34. The molecule has 0 atom stereocenters. The Balaban J connectivity index is 2.42. The largest absolute Gasteiger partial charge is 0.464 e. The molecule has 2 aromatic rings. The molecule has 0 aliphatic heterocycles. The third kappa shape index (κ3) is 3.72. The van der Waals surface area contributed by atoms with Gasteiger partial charge in [0.1, 0.15) is 5.71 Å². The molecule has 22 heavy (non-hydrogen) atoms. The van der Waals surface area contributed by atoms with E-state index in [1.54, 1.807) is 18.2 Å². The van der Waals surface area contributed by atoms with Gasteiger partial charge in [-0.3, -0.25) is 5.41 Å². The van der Waals surface area contributed by atoms with Crippen molar-refractivity contribution in [1.29, 1.82) is 5.41 Å². The normalized spacial score (nSPS) is 10.1. The maximum atomic E-state index is 11.6. The zero-order valence-corrected chi connectivity index (χ0v) is 13.5. The first-order valence-electron chi connectivity index (χ1n) is 6.48. The molecule has 0 bridgehead atoms. The van der Waals surface area contributed by atoms with Gasteiger partial charge in [-0.2, -0.15) is 0 Å². The van der Waals surface area contributed by atoms with E-state index < -0.39 is 5.97 Å². The summed E-state index contributed by atoms with van der Waals surface area (Å²) < 4.78 is 5.51. The van der Waals surface area contributed by atoms with E-state index in [9.17, 15) is 9.90 Å². The van der Waals surface area contributed by atoms with Crippen LogP contribution in [0.4, 0.5) is 11.4 Å². The molecule has 0 unspecified atom stereocenters. The van der Waals surface area contributed by atoms with Gasteiger partial charge < -0.3 is 15.2 Å². The predicted octanol–water partition coefficient (Wildman–Crippen LogP) is 3.23. The van der Waals surface area contributed by atoms with Crippen molar-refractivity contribution in [3.05, 3.63) is 58.1 Å². The smallest absolute Gasteiger partial charge is 0.356 e. The van der Waals surface area contributed by atoms with Crippen molar-refractivity contribution in [2.24, 2.45) is 0 Å². The molecule has 0 fully saturated rings. The van der Waals surface area contributed by atoms with Crippen LogP contribution in [0.5, 0.6) is 0 Å². The Morgan fingerprint density at radius 1 is 1.32 bits per heavy atom. The Bertz CT molecular complexity index is 716. The number of esters is 1. The standard InChI is InChI=1S/C16H15BrN2O3/c1-22-16(21)15(18)13-7-10(9-20)5-6-14(13)19-12-4-2-3-11(17)8-12/h2-8,18-20H,9H2,1H3. The van der Waals surface area contributed by atoms with Crippen LogP contribution in [0.25, 0.3) is 0 Å². The molecule has 2 rings (SSSR count). The molecule has 0 radical (unpaired) electrons. The lowest BCUT2D eigenvalue weighted by atomic mass is 10.0. The Hall–Kier alpha value is -2.18. The molecular formula is C16H15BrN2O3. The maximum absolute atomic E-state index is 11.6. The number of aliphatic hydroxyl groups excluding tert-OH is 1. The molecule has 0 amide bonds. The third-order valence-electron chi connectivity index (χ3n) is 3.03. The van der Waals surface area contributed by atoms with Crippen LogP contribution in [-0.4, -0.2) is 23.9 Å². The summed E-state index contributed by atoms with van der Waals surface area (Å²) in [5, 5.41) is 20.4. The lowest BCUT2D eigenvalue weighted by molar-refractivity contribution is -0.132. The summed E-state index contributed by atoms with van der Waals surface area (Å²) in [6, 6.07) is 12.6. The summed E-state index contributed by atoms with van der Waals surface area (Å²) >= 11 is 3.39. The van der Waals surface area contributed by atoms with Gasteiger partial charge >= 0.3 is 5.97 Å². The summed E-state index contributed by atoms with van der Waals surface area (Å²) in [7, 11) is 1.23. The first-order valence-corrected chi connectivity index (χ1v) is 7.28. The third-order valence-corrected chi connectivity index (χ3v) is 3.52. The van der Waals surface area contributed by atoms with E-state index >= 15 is 0 Å². The first-order chi connectivity index (χ1) is 10.5. The fraction of sp³-hybridized carbons (Fsp3) is 0.125. The van der Waals surface area contributed by atoms with Gasteiger partial charge in [0, 0.05) is 21.4 Å². The number of aliphatic hydroxyl groups is 1. The van der Waals surface area contributed by atoms with E-state index in [0.717, 1.165) is 10.2 Å². The molecular weight excluding hydrogens is 348 g/mol. The van der Waals surface area contributed by atoms with Gasteiger partial charge in [0.25, 0.3) is 0 Å². The first kappa shape index (κ1) is 16.2. The molecule has 0 spiro atoms. The maximum Gasteiger partial charge on any atom is 0.356 e. The Kier molecular flexibility index (Phi) is 5.30. The summed E-state index contributed by atoms with van der Waals surface area (Å²) in [5.41, 5.74) is 2.12. The second-order valence-electron chi connectivity index (χ2n) is 4.54. The second-order valence-corrected chi connectivity index (χ2v) is 5.46. The van der Waals surface area contributed by atoms with Crippen molar-refractivity contribution >= 4 is 39.0 Å². The van der Waals surface area contributed by atoms with Crippen LogP contribution >= 0.6 is 15.9 Å². The van der Waals surface area contributed by atoms with E-state index in [1.807, 2.05) is 24.3 Å². The number of carbonyl (C=O) groups is 1. The molecule has 0 saturated carbocycles. The van der Waals surface area contributed by atoms with E-state index in [-0.39, 0.29) is 12.3 Å². The van der Waals surface area contributed by atoms with Crippen LogP contribution in [0.1, 0.15) is 11.1 Å². The summed E-state index contributed by atoms with van der Waals surface area (Å²) in [6.45, 7) is -0.168. The molecule has 0 aliphatic carbocycles. The SMILES string of the molecule is COC(=O)C(=N)c1cc(CO)ccc1Nc1cccc(Br)c1. The Labute approximate surface area is 136 Å². The van der Waals surface area contributed by atoms with Crippen LogP contribution < -0.4 is 5.32 Å². The van der Waals surface area contributed by atoms with Crippen LogP contribution in [0, 0.1) is 5.41 Å². The Morgan fingerprint density at radius 3 is 2.73 bits per heavy atom. The van der Waals surface area contributed by atoms with E-state index in [0.29, 0.717) is 16.8 Å². The number of benzene rings is 2. The van der Waals surface area contributed by atoms with Crippen molar-refractivity contribution in [1.82, 2.24) is 0 Å². The molecule has 2 aromatic carbocycles. The quantitative estimate of drug-likeness (QED) is 0.563. The highest BCUT2D eigenvalue weighted by molar-refractivity contribution is 9.10. The Morgan fingerprint density at radius 2 is 2.09 bits per heavy atom. The number of hydrogen-bond donors (Lipinski definition) is 3. The lowest BCUT2D eigenvalue weighted by Crippen LogP contribution is -2.17. The summed E-state index contributed by atoms with van der Waals surface area (Å²) in [6.07, 6.45) is 0. The molecule has 0 aliphatic rings. The minimum absolute atomic E-state index is 0.168. The van der Waals surface area contributed by atoms with Crippen LogP contribution in [0.15, 0.2) is 46.9 Å². The minimum atomic E-state index is -0.729. The zero-order valence-electron chi connectivity index (χ0n) is 11.9. The van der Waals surface area contributed by atoms with Gasteiger partial charge in [-0.1, -0.05) is 28.1 Å². The molecule has 5 nitrogen and oxygen atoms in total. The van der Waals surface area contributed by atoms with Crippen LogP contribution in [0.3, 0.4) is 0 Å². The molecule has 0 saturated heterocycles. The molecule has 0 aromatic heterocycles. The van der Waals surface area contributed by atoms with Gasteiger partial charge in [-0.05, 0) is 35.9 Å². The van der Waals surface area contributed by atoms with Gasteiger partial charge in [0.05, 0.1) is 13.7 Å². The van der Waals surface area contributed by atoms with Crippen molar-refractivity contribution in [3.8, 4) is 0 Å². The summed E-state index contributed by atoms with van der Waals surface area (Å²) in [5.74, 6) is -0.729. The highest BCUT2D eigenvalue weighted by Gasteiger charge is 2.17. The summed E-state index contributed by atoms with van der Waals surface area (Å²) in [4.78, 5) is 11.6. The number of ether oxygens (including phenoxy) is 1. The highest BCUT2D eigenvalue weighted by Crippen LogP contribution is 2.25. The zero-order chi connectivity index (χ0) is 16.1. The van der Waals surface area contributed by atoms with E-state index in [4.69, 9.17) is 5.41 Å². The highest BCUT2D eigenvalue weighted by atomic mass is 79.9. The number of nitrogens with one attached hydrogen (secondary N) is 2. The average molecular weight is 363 g/mol. The van der Waals surface area contributed by atoms with Gasteiger partial charge in [-0.25, -0.2) is 4.79 Å². The second kappa shape index (κ2) is 7.20. The molecule has 3 N–H and O–H groups in total. The van der Waals surface area contributed by atoms with Gasteiger partial charge in [0.2, 0.25) is 0 Å². The number of halogens is 1. The number of carbonyl (C=O) groups excluding carboxylic acids is 1. The van der Waals surface area contributed by atoms with Crippen molar-refractivity contribution in [2.45, 2.75) is 6.61 Å². The fourth-order valence-electron chi connectivity index (χ4n) is 1.94. The number of methoxy groups -OCH3 is 1. The number of rotatable bonds is 5. The van der Waals surface area contributed by atoms with Crippen molar-refractivity contribution < 1.29 is 14.6 Å². The van der Waals surface area contributed by atoms with Gasteiger partial charge in [0.15, 0.2) is 0 Å². The van der Waals surface area contributed by atoms with Crippen molar-refractivity contribution in [2.75, 3.05) is 12.4 Å². The monoisotopic (exact) mass is 362 g/mol. The van der Waals surface area contributed by atoms with Crippen molar-refractivity contribution in [3.63, 3.8) is 0 Å². The molecule has 6 heteroatoms. The average Bonchev–Trinajstić information content (AvgIpc) is 2.53. The minimum Gasteiger partial charge on any atom is -0.464 e. The molecule has 114 valence electrons. The topological polar surface area (TPSA) is 82.4 Å². The number of hydrogen-bond acceptors (Lipinski definition) is 5. The number of anilines is 2. The molecule has 0 heterocycles. The van der Waals surface area contributed by atoms with Gasteiger partial charge in [-0.15, -0.1) is 0 Å². The van der Waals surface area contributed by atoms with E-state index in [1.165, 1.54) is 7.11 Å². The predicted molar refractivity (Wildman–Crippen MR) is 88.6 cm³/mol. The van der Waals surface area contributed by atoms with Crippen LogP contribution in [-0.2, 0) is 16.1 Å².